The van der Waals surface area contributed by atoms with Crippen LogP contribution in [0.2, 0.25) is 0 Å². The first-order chi connectivity index (χ1) is 48.6. The van der Waals surface area contributed by atoms with Crippen LogP contribution in [0.15, 0.2) is 0 Å². The standard InChI is InChI=1S/C81H158O17P2/c1-6-10-13-16-19-22-24-26-28-34-38-41-45-50-55-60-65-79(84)92-71-77(98-81(86)67-62-57-52-47-43-39-35-32-30-29-31-33-36-40-44-48-53-58-63-74(5)9-4)73-96-100(89,90)94-69-75(82)68-93-99(87,88)95-72-76(70-91-78(83)64-59-54-49-21-18-15-12-8-3)97-80(85)66-61-56-51-46-42-37-27-25-23-20-17-14-11-7-2/h74-77,82H,6-73H2,1-5H3,(H,87,88)(H,89,90)/t74?,75-,76+,77+/m0/s1. The van der Waals surface area contributed by atoms with Gasteiger partial charge in [-0.15, -0.1) is 0 Å². The predicted molar refractivity (Wildman–Crippen MR) is 409 cm³/mol. The van der Waals surface area contributed by atoms with Crippen LogP contribution in [0, 0.1) is 5.92 Å². The predicted octanol–water partition coefficient (Wildman–Crippen LogP) is 24.4. The van der Waals surface area contributed by atoms with Crippen molar-refractivity contribution >= 4 is 39.5 Å². The van der Waals surface area contributed by atoms with Gasteiger partial charge in [-0.05, 0) is 31.6 Å². The maximum atomic E-state index is 13.1. The molecule has 3 unspecified atom stereocenters. The molecule has 0 radical (unpaired) electrons. The number of phosphoric ester groups is 2. The van der Waals surface area contributed by atoms with E-state index >= 15 is 0 Å². The summed E-state index contributed by atoms with van der Waals surface area (Å²) in [5.74, 6) is -1.24. The lowest BCUT2D eigenvalue weighted by Gasteiger charge is -2.21. The van der Waals surface area contributed by atoms with Crippen LogP contribution in [-0.4, -0.2) is 96.7 Å². The molecule has 0 amide bonds. The van der Waals surface area contributed by atoms with E-state index in [1.54, 1.807) is 0 Å². The molecular formula is C81H158O17P2. The maximum absolute atomic E-state index is 13.1. The Morgan fingerprint density at radius 3 is 0.710 bits per heavy atom. The summed E-state index contributed by atoms with van der Waals surface area (Å²) >= 11 is 0. The molecule has 0 saturated carbocycles. The van der Waals surface area contributed by atoms with E-state index in [2.05, 4.69) is 34.6 Å². The number of carbonyl (C=O) groups is 4. The van der Waals surface area contributed by atoms with Crippen LogP contribution < -0.4 is 0 Å². The summed E-state index contributed by atoms with van der Waals surface area (Å²) < 4.78 is 68.6. The van der Waals surface area contributed by atoms with Crippen LogP contribution in [0.1, 0.15) is 433 Å². The number of esters is 4. The van der Waals surface area contributed by atoms with Crippen LogP contribution >= 0.6 is 15.6 Å². The molecule has 19 heteroatoms. The van der Waals surface area contributed by atoms with Crippen molar-refractivity contribution in [1.29, 1.82) is 0 Å². The van der Waals surface area contributed by atoms with Crippen LogP contribution in [-0.2, 0) is 65.4 Å². The number of rotatable bonds is 81. The second-order valence-electron chi connectivity index (χ2n) is 29.4. The summed E-state index contributed by atoms with van der Waals surface area (Å²) in [5.41, 5.74) is 0. The van der Waals surface area contributed by atoms with E-state index in [9.17, 15) is 43.2 Å². The molecule has 594 valence electrons. The lowest BCUT2D eigenvalue weighted by atomic mass is 9.99. The zero-order valence-electron chi connectivity index (χ0n) is 65.3. The topological polar surface area (TPSA) is 237 Å². The minimum absolute atomic E-state index is 0.108. The fourth-order valence-electron chi connectivity index (χ4n) is 12.6. The molecule has 6 atom stereocenters. The summed E-state index contributed by atoms with van der Waals surface area (Å²) in [6.45, 7) is 7.37. The fraction of sp³-hybridized carbons (Fsp3) is 0.951. The summed E-state index contributed by atoms with van der Waals surface area (Å²) in [7, 11) is -9.91. The quantitative estimate of drug-likeness (QED) is 0.0222. The van der Waals surface area contributed by atoms with E-state index in [0.717, 1.165) is 102 Å². The highest BCUT2D eigenvalue weighted by Gasteiger charge is 2.30. The van der Waals surface area contributed by atoms with E-state index in [4.69, 9.17) is 37.0 Å². The van der Waals surface area contributed by atoms with E-state index < -0.39 is 97.5 Å². The summed E-state index contributed by atoms with van der Waals surface area (Å²) in [5, 5.41) is 10.6. The van der Waals surface area contributed by atoms with Crippen molar-refractivity contribution in [3.05, 3.63) is 0 Å². The largest absolute Gasteiger partial charge is 0.472 e. The molecule has 0 fully saturated rings. The molecule has 0 heterocycles. The summed E-state index contributed by atoms with van der Waals surface area (Å²) in [6.07, 6.45) is 65.2. The van der Waals surface area contributed by atoms with Crippen LogP contribution in [0.3, 0.4) is 0 Å². The van der Waals surface area contributed by atoms with Gasteiger partial charge in [0.15, 0.2) is 12.2 Å². The number of aliphatic hydroxyl groups excluding tert-OH is 1. The number of unbranched alkanes of at least 4 members (excludes halogenated alkanes) is 52. The average Bonchev–Trinajstić information content (AvgIpc) is 0.950. The Hall–Kier alpha value is -1.94. The zero-order valence-corrected chi connectivity index (χ0v) is 67.1. The molecule has 0 saturated heterocycles. The molecule has 0 aromatic rings. The van der Waals surface area contributed by atoms with Gasteiger partial charge in [0.2, 0.25) is 0 Å². The van der Waals surface area contributed by atoms with Gasteiger partial charge in [-0.25, -0.2) is 9.13 Å². The Labute approximate surface area is 613 Å². The normalized spacial score (nSPS) is 14.1. The first-order valence-electron chi connectivity index (χ1n) is 42.2. The molecule has 0 aromatic carbocycles. The minimum Gasteiger partial charge on any atom is -0.462 e. The number of ether oxygens (including phenoxy) is 4. The van der Waals surface area contributed by atoms with Gasteiger partial charge in [0.1, 0.15) is 19.3 Å². The first kappa shape index (κ1) is 98.1. The van der Waals surface area contributed by atoms with Crippen molar-refractivity contribution < 1.29 is 80.2 Å². The molecule has 0 bridgehead atoms. The van der Waals surface area contributed by atoms with Crippen LogP contribution in [0.5, 0.6) is 0 Å². The Morgan fingerprint density at radius 2 is 0.480 bits per heavy atom. The van der Waals surface area contributed by atoms with Gasteiger partial charge >= 0.3 is 39.5 Å². The third kappa shape index (κ3) is 73.0. The van der Waals surface area contributed by atoms with Crippen molar-refractivity contribution in [1.82, 2.24) is 0 Å². The van der Waals surface area contributed by atoms with Gasteiger partial charge in [0, 0.05) is 25.7 Å². The summed E-state index contributed by atoms with van der Waals surface area (Å²) in [6, 6.07) is 0. The number of carbonyl (C=O) groups excluding carboxylic acids is 4. The monoisotopic (exact) mass is 1470 g/mol. The molecular weight excluding hydrogens is 1310 g/mol. The van der Waals surface area contributed by atoms with Crippen molar-refractivity contribution in [3.8, 4) is 0 Å². The molecule has 0 aliphatic heterocycles. The van der Waals surface area contributed by atoms with Crippen molar-refractivity contribution in [2.45, 2.75) is 451 Å². The van der Waals surface area contributed by atoms with Gasteiger partial charge < -0.3 is 33.8 Å². The van der Waals surface area contributed by atoms with Crippen LogP contribution in [0.4, 0.5) is 0 Å². The highest BCUT2D eigenvalue weighted by Crippen LogP contribution is 2.45. The lowest BCUT2D eigenvalue weighted by Crippen LogP contribution is -2.30. The van der Waals surface area contributed by atoms with Crippen molar-refractivity contribution in [2.24, 2.45) is 5.92 Å². The molecule has 0 aliphatic rings. The number of aliphatic hydroxyl groups is 1. The van der Waals surface area contributed by atoms with Crippen molar-refractivity contribution in [2.75, 3.05) is 39.6 Å². The minimum atomic E-state index is -4.96. The fourth-order valence-corrected chi connectivity index (χ4v) is 14.1. The number of hydrogen-bond acceptors (Lipinski definition) is 15. The molecule has 0 rings (SSSR count). The van der Waals surface area contributed by atoms with E-state index in [0.29, 0.717) is 25.7 Å². The highest BCUT2D eigenvalue weighted by molar-refractivity contribution is 7.47. The highest BCUT2D eigenvalue weighted by atomic mass is 31.2. The van der Waals surface area contributed by atoms with E-state index in [-0.39, 0.29) is 25.7 Å². The molecule has 0 aromatic heterocycles. The Morgan fingerprint density at radius 1 is 0.280 bits per heavy atom. The number of phosphoric acid groups is 2. The van der Waals surface area contributed by atoms with Gasteiger partial charge in [-0.2, -0.15) is 0 Å². The molecule has 0 spiro atoms. The SMILES string of the molecule is CCCCCCCCCCCCCCCCCCC(=O)OC[C@H](COP(=O)(O)OC[C@@H](O)COP(=O)(O)OC[C@@H](COC(=O)CCCCCCCCCC)OC(=O)CCCCCCCCCCCCCCCC)OC(=O)CCCCCCCCCCCCCCCCCCCCC(C)CC. The average molecular weight is 1470 g/mol. The smallest absolute Gasteiger partial charge is 0.462 e. The Bertz CT molecular complexity index is 1910. The lowest BCUT2D eigenvalue weighted by molar-refractivity contribution is -0.161. The van der Waals surface area contributed by atoms with Gasteiger partial charge in [-0.3, -0.25) is 37.3 Å². The number of hydrogen-bond donors (Lipinski definition) is 3. The second kappa shape index (κ2) is 73.9. The maximum Gasteiger partial charge on any atom is 0.472 e. The Balaban J connectivity index is 5.18. The first-order valence-corrected chi connectivity index (χ1v) is 45.2. The van der Waals surface area contributed by atoms with Crippen molar-refractivity contribution in [3.63, 3.8) is 0 Å². The van der Waals surface area contributed by atoms with Crippen LogP contribution in [0.25, 0.3) is 0 Å². The third-order valence-electron chi connectivity index (χ3n) is 19.4. The zero-order chi connectivity index (χ0) is 73.4. The Kier molecular flexibility index (Phi) is 72.5. The third-order valence-corrected chi connectivity index (χ3v) is 21.3. The molecule has 17 nitrogen and oxygen atoms in total. The molecule has 0 aliphatic carbocycles. The van der Waals surface area contributed by atoms with Gasteiger partial charge in [0.05, 0.1) is 26.4 Å². The van der Waals surface area contributed by atoms with Gasteiger partial charge in [0.25, 0.3) is 0 Å². The van der Waals surface area contributed by atoms with Gasteiger partial charge in [-0.1, -0.05) is 381 Å². The second-order valence-corrected chi connectivity index (χ2v) is 32.3. The molecule has 100 heavy (non-hydrogen) atoms. The molecule has 3 N–H and O–H groups in total. The van der Waals surface area contributed by atoms with E-state index in [1.807, 2.05) is 0 Å². The van der Waals surface area contributed by atoms with E-state index in [1.165, 1.54) is 250 Å². The summed E-state index contributed by atoms with van der Waals surface area (Å²) in [4.78, 5) is 72.9.